The topological polar surface area (TPSA) is 134 Å². The standard InChI is InChI=1S/C30H24FN5O4/c1-16-3-2-4-21-22(16)15-24(32-28(21)37)27-26(17-5-7-19(8-6-17)30(38)39)23(33-35-27)13-14-25-34-36-29(40-25)18-9-11-20(31)12-10-18/h2-12,24H,13-15H2,1H3,(H,32,37)(H,33,35)(H,38,39). The molecule has 1 amide bonds. The van der Waals surface area contributed by atoms with E-state index in [1.807, 2.05) is 25.1 Å². The first-order valence-corrected chi connectivity index (χ1v) is 12.8. The lowest BCUT2D eigenvalue weighted by Crippen LogP contribution is -2.36. The zero-order chi connectivity index (χ0) is 27.8. The summed E-state index contributed by atoms with van der Waals surface area (Å²) in [5.41, 5.74) is 6.47. The fraction of sp³-hybridized carbons (Fsp3) is 0.167. The van der Waals surface area contributed by atoms with Crippen LogP contribution in [0.2, 0.25) is 0 Å². The number of aromatic nitrogens is 4. The predicted octanol–water partition coefficient (Wildman–Crippen LogP) is 5.08. The number of fused-ring (bicyclic) bond motifs is 1. The molecule has 5 aromatic rings. The monoisotopic (exact) mass is 537 g/mol. The second-order valence-electron chi connectivity index (χ2n) is 9.68. The highest BCUT2D eigenvalue weighted by Crippen LogP contribution is 2.35. The molecule has 0 bridgehead atoms. The zero-order valence-corrected chi connectivity index (χ0v) is 21.4. The lowest BCUT2D eigenvalue weighted by atomic mass is 9.87. The Balaban J connectivity index is 1.32. The van der Waals surface area contributed by atoms with E-state index in [0.29, 0.717) is 47.9 Å². The molecule has 1 aliphatic heterocycles. The van der Waals surface area contributed by atoms with Crippen molar-refractivity contribution >= 4 is 11.9 Å². The van der Waals surface area contributed by atoms with Crippen molar-refractivity contribution in [3.8, 4) is 22.6 Å². The number of H-pyrrole nitrogens is 1. The van der Waals surface area contributed by atoms with Crippen molar-refractivity contribution in [1.82, 2.24) is 25.7 Å². The summed E-state index contributed by atoms with van der Waals surface area (Å²) in [5, 5.41) is 28.4. The van der Waals surface area contributed by atoms with Crippen LogP contribution in [0, 0.1) is 12.7 Å². The summed E-state index contributed by atoms with van der Waals surface area (Å²) in [4.78, 5) is 24.4. The lowest BCUT2D eigenvalue weighted by Gasteiger charge is -2.26. The van der Waals surface area contributed by atoms with Gasteiger partial charge in [-0.1, -0.05) is 24.3 Å². The minimum Gasteiger partial charge on any atom is -0.478 e. The second kappa shape index (κ2) is 10.2. The molecule has 6 rings (SSSR count). The van der Waals surface area contributed by atoms with E-state index >= 15 is 0 Å². The molecule has 0 aliphatic carbocycles. The summed E-state index contributed by atoms with van der Waals surface area (Å²) in [6.07, 6.45) is 1.43. The van der Waals surface area contributed by atoms with Gasteiger partial charge < -0.3 is 14.8 Å². The zero-order valence-electron chi connectivity index (χ0n) is 21.4. The number of carbonyl (C=O) groups is 2. The van der Waals surface area contributed by atoms with Gasteiger partial charge in [0.15, 0.2) is 0 Å². The van der Waals surface area contributed by atoms with E-state index in [9.17, 15) is 19.1 Å². The van der Waals surface area contributed by atoms with Crippen LogP contribution >= 0.6 is 0 Å². The van der Waals surface area contributed by atoms with Gasteiger partial charge in [-0.3, -0.25) is 9.89 Å². The number of aryl methyl sites for hydroxylation is 3. The number of carboxylic acid groups (broad SMARTS) is 1. The molecule has 40 heavy (non-hydrogen) atoms. The maximum Gasteiger partial charge on any atom is 0.335 e. The summed E-state index contributed by atoms with van der Waals surface area (Å²) >= 11 is 0. The molecular weight excluding hydrogens is 513 g/mol. The average molecular weight is 538 g/mol. The highest BCUT2D eigenvalue weighted by atomic mass is 19.1. The summed E-state index contributed by atoms with van der Waals surface area (Å²) in [5.74, 6) is -0.831. The van der Waals surface area contributed by atoms with Gasteiger partial charge in [0.05, 0.1) is 17.3 Å². The summed E-state index contributed by atoms with van der Waals surface area (Å²) in [7, 11) is 0. The highest BCUT2D eigenvalue weighted by molar-refractivity contribution is 5.97. The van der Waals surface area contributed by atoms with Crippen molar-refractivity contribution in [2.75, 3.05) is 0 Å². The van der Waals surface area contributed by atoms with Gasteiger partial charge in [-0.15, -0.1) is 10.2 Å². The minimum absolute atomic E-state index is 0.161. The molecule has 0 radical (unpaired) electrons. The van der Waals surface area contributed by atoms with Crippen LogP contribution in [0.3, 0.4) is 0 Å². The first-order valence-electron chi connectivity index (χ1n) is 12.8. The van der Waals surface area contributed by atoms with Crippen LogP contribution in [0.1, 0.15) is 55.2 Å². The fourth-order valence-electron chi connectivity index (χ4n) is 5.07. The number of nitrogens with one attached hydrogen (secondary N) is 2. The Labute approximate surface area is 228 Å². The van der Waals surface area contributed by atoms with Crippen molar-refractivity contribution in [1.29, 1.82) is 0 Å². The van der Waals surface area contributed by atoms with Crippen LogP contribution in [-0.4, -0.2) is 37.4 Å². The summed E-state index contributed by atoms with van der Waals surface area (Å²) in [6, 6.07) is 17.7. The van der Waals surface area contributed by atoms with Gasteiger partial charge >= 0.3 is 5.97 Å². The number of carbonyl (C=O) groups excluding carboxylic acids is 1. The van der Waals surface area contributed by atoms with Crippen LogP contribution in [-0.2, 0) is 19.3 Å². The molecule has 3 N–H and O–H groups in total. The first kappa shape index (κ1) is 25.2. The molecule has 9 nitrogen and oxygen atoms in total. The quantitative estimate of drug-likeness (QED) is 0.263. The first-order chi connectivity index (χ1) is 19.4. The number of hydrogen-bond donors (Lipinski definition) is 3. The van der Waals surface area contributed by atoms with E-state index in [4.69, 9.17) is 4.42 Å². The maximum atomic E-state index is 13.3. The SMILES string of the molecule is Cc1cccc2c1CC(c1n[nH]c(CCc3nnc(-c4ccc(F)cc4)o3)c1-c1ccc(C(=O)O)cc1)NC2=O. The molecule has 0 spiro atoms. The summed E-state index contributed by atoms with van der Waals surface area (Å²) < 4.78 is 19.1. The Kier molecular flexibility index (Phi) is 6.43. The minimum atomic E-state index is -1.01. The molecule has 0 fully saturated rings. The van der Waals surface area contributed by atoms with Gasteiger partial charge in [-0.2, -0.15) is 5.10 Å². The molecule has 1 atom stereocenters. The maximum absolute atomic E-state index is 13.3. The van der Waals surface area contributed by atoms with Crippen LogP contribution in [0.15, 0.2) is 71.1 Å². The van der Waals surface area contributed by atoms with E-state index < -0.39 is 5.97 Å². The van der Waals surface area contributed by atoms with Gasteiger partial charge in [-0.05, 0) is 78.9 Å². The molecule has 1 unspecified atom stereocenters. The van der Waals surface area contributed by atoms with Crippen molar-refractivity contribution < 1.29 is 23.5 Å². The second-order valence-corrected chi connectivity index (χ2v) is 9.68. The highest BCUT2D eigenvalue weighted by Gasteiger charge is 2.31. The number of nitrogens with zero attached hydrogens (tertiary/aromatic N) is 3. The van der Waals surface area contributed by atoms with Crippen molar-refractivity contribution in [3.05, 3.63) is 112 Å². The third kappa shape index (κ3) is 4.75. The van der Waals surface area contributed by atoms with Crippen LogP contribution < -0.4 is 5.32 Å². The Morgan fingerprint density at radius 1 is 1.02 bits per heavy atom. The molecule has 3 aromatic carbocycles. The number of aromatic carboxylic acids is 1. The van der Waals surface area contributed by atoms with Gasteiger partial charge in [0, 0.05) is 28.8 Å². The smallest absolute Gasteiger partial charge is 0.335 e. The fourth-order valence-corrected chi connectivity index (χ4v) is 5.07. The Morgan fingerprint density at radius 2 is 1.77 bits per heavy atom. The van der Waals surface area contributed by atoms with Gasteiger partial charge in [-0.25, -0.2) is 9.18 Å². The third-order valence-corrected chi connectivity index (χ3v) is 7.14. The van der Waals surface area contributed by atoms with E-state index in [1.54, 1.807) is 36.4 Å². The van der Waals surface area contributed by atoms with Gasteiger partial charge in [0.2, 0.25) is 11.8 Å². The lowest BCUT2D eigenvalue weighted by molar-refractivity contribution is 0.0696. The van der Waals surface area contributed by atoms with Crippen LogP contribution in [0.25, 0.3) is 22.6 Å². The number of hydrogen-bond acceptors (Lipinski definition) is 6. The number of benzene rings is 3. The van der Waals surface area contributed by atoms with Crippen molar-refractivity contribution in [2.24, 2.45) is 0 Å². The number of aromatic amines is 1. The molecule has 1 aliphatic rings. The molecule has 200 valence electrons. The molecule has 2 aromatic heterocycles. The van der Waals surface area contributed by atoms with E-state index in [-0.39, 0.29) is 23.3 Å². The van der Waals surface area contributed by atoms with Gasteiger partial charge in [0.25, 0.3) is 5.91 Å². The average Bonchev–Trinajstić information content (AvgIpc) is 3.60. The molecule has 10 heteroatoms. The van der Waals surface area contributed by atoms with E-state index in [2.05, 4.69) is 25.7 Å². The van der Waals surface area contributed by atoms with E-state index in [0.717, 1.165) is 27.9 Å². The van der Waals surface area contributed by atoms with Crippen molar-refractivity contribution in [3.63, 3.8) is 0 Å². The Bertz CT molecular complexity index is 1720. The number of carboxylic acids is 1. The third-order valence-electron chi connectivity index (χ3n) is 7.14. The predicted molar refractivity (Wildman–Crippen MR) is 143 cm³/mol. The molecule has 0 saturated carbocycles. The van der Waals surface area contributed by atoms with Crippen LogP contribution in [0.5, 0.6) is 0 Å². The normalized spacial score (nSPS) is 14.6. The van der Waals surface area contributed by atoms with Gasteiger partial charge in [0.1, 0.15) is 5.82 Å². The Morgan fingerprint density at radius 3 is 2.52 bits per heavy atom. The summed E-state index contributed by atoms with van der Waals surface area (Å²) in [6.45, 7) is 1.99. The van der Waals surface area contributed by atoms with Crippen molar-refractivity contribution in [2.45, 2.75) is 32.2 Å². The molecule has 0 saturated heterocycles. The largest absolute Gasteiger partial charge is 0.478 e. The number of rotatable bonds is 7. The Hall–Kier alpha value is -5.12. The molecular formula is C30H24FN5O4. The number of amides is 1. The van der Waals surface area contributed by atoms with Crippen LogP contribution in [0.4, 0.5) is 4.39 Å². The number of halogens is 1. The molecule has 3 heterocycles. The van der Waals surface area contributed by atoms with E-state index in [1.165, 1.54) is 12.1 Å².